The number of nitro groups is 1. The van der Waals surface area contributed by atoms with E-state index in [1.807, 2.05) is 0 Å². The highest BCUT2D eigenvalue weighted by Gasteiger charge is 2.31. The number of esters is 1. The average Bonchev–Trinajstić information content (AvgIpc) is 2.79. The smallest absolute Gasteiger partial charge is 0.416 e. The number of nitrogens with zero attached hydrogens (tertiary/aromatic N) is 1. The number of hydrogen-bond acceptors (Lipinski definition) is 7. The van der Waals surface area contributed by atoms with Gasteiger partial charge in [0.15, 0.2) is 0 Å². The molecule has 0 atom stereocenters. The van der Waals surface area contributed by atoms with Gasteiger partial charge in [-0.15, -0.1) is 0 Å². The van der Waals surface area contributed by atoms with E-state index in [4.69, 9.17) is 16.3 Å². The topological polar surface area (TPSA) is 119 Å². The monoisotopic (exact) mass is 537 g/mol. The molecule has 0 amide bonds. The van der Waals surface area contributed by atoms with Crippen LogP contribution in [-0.4, -0.2) is 40.7 Å². The Labute approximate surface area is 207 Å². The number of alkyl halides is 3. The maximum atomic E-state index is 12.7. The number of halogens is 4. The van der Waals surface area contributed by atoms with Crippen molar-refractivity contribution in [3.8, 4) is 11.5 Å². The second-order valence-corrected chi connectivity index (χ2v) is 9.97. The molecule has 8 nitrogen and oxygen atoms in total. The number of benzene rings is 2. The maximum Gasteiger partial charge on any atom is 0.416 e. The minimum atomic E-state index is -4.62. The predicted octanol–water partition coefficient (Wildman–Crippen LogP) is 4.63. The lowest BCUT2D eigenvalue weighted by Gasteiger charge is -2.12. The van der Waals surface area contributed by atoms with E-state index in [9.17, 15) is 38.0 Å². The summed E-state index contributed by atoms with van der Waals surface area (Å²) in [5.74, 6) is 0.692. The molecule has 0 N–H and O–H groups in total. The van der Waals surface area contributed by atoms with Gasteiger partial charge in [0.1, 0.15) is 40.9 Å². The molecule has 0 saturated heterocycles. The lowest BCUT2D eigenvalue weighted by atomic mass is 10.1. The van der Waals surface area contributed by atoms with Gasteiger partial charge in [-0.2, -0.15) is 13.2 Å². The highest BCUT2D eigenvalue weighted by Crippen LogP contribution is 2.37. The zero-order chi connectivity index (χ0) is 26.8. The summed E-state index contributed by atoms with van der Waals surface area (Å²) in [5.41, 5.74) is -2.35. The van der Waals surface area contributed by atoms with Gasteiger partial charge in [-0.1, -0.05) is 11.6 Å². The zero-order valence-corrected chi connectivity index (χ0v) is 20.6. The van der Waals surface area contributed by atoms with E-state index in [0.717, 1.165) is 35.2 Å². The minimum absolute atomic E-state index is 0.187. The molecule has 0 aliphatic heterocycles. The number of nitro benzene ring substituents is 1. The number of carbonyl (C=O) groups is 2. The molecular weight excluding hydrogens is 515 g/mol. The van der Waals surface area contributed by atoms with Gasteiger partial charge in [0.05, 0.1) is 21.5 Å². The summed E-state index contributed by atoms with van der Waals surface area (Å²) in [6.45, 7) is 5.69. The Bertz CT molecular complexity index is 1040. The lowest BCUT2D eigenvalue weighted by Crippen LogP contribution is -2.29. The third kappa shape index (κ3) is 9.65. The molecule has 0 unspecified atom stereocenters. The number of rotatable bonds is 9. The van der Waals surface area contributed by atoms with Crippen molar-refractivity contribution < 1.29 is 42.3 Å². The summed E-state index contributed by atoms with van der Waals surface area (Å²) in [6.07, 6.45) is -4.62. The summed E-state index contributed by atoms with van der Waals surface area (Å²) in [6, 6.07) is 5.08. The van der Waals surface area contributed by atoms with Gasteiger partial charge >= 0.3 is 12.1 Å². The van der Waals surface area contributed by atoms with Gasteiger partial charge in [0.25, 0.3) is 5.69 Å². The van der Waals surface area contributed by atoms with Gasteiger partial charge in [-0.05, 0) is 55.9 Å². The van der Waals surface area contributed by atoms with Crippen LogP contribution in [0.15, 0.2) is 36.4 Å². The van der Waals surface area contributed by atoms with Crippen molar-refractivity contribution >= 4 is 40.1 Å². The second-order valence-electron chi connectivity index (χ2n) is 6.61. The minimum Gasteiger partial charge on any atom is -0.546 e. The molecule has 0 saturated carbocycles. The molecule has 2 aromatic carbocycles. The molecule has 192 valence electrons. The Kier molecular flexibility index (Phi) is 11.8. The van der Waals surface area contributed by atoms with E-state index < -0.39 is 51.5 Å². The van der Waals surface area contributed by atoms with E-state index in [1.165, 1.54) is 17.3 Å². The lowest BCUT2D eigenvalue weighted by molar-refractivity contribution is -0.385. The van der Waals surface area contributed by atoms with E-state index in [1.54, 1.807) is 0 Å². The van der Waals surface area contributed by atoms with E-state index >= 15 is 0 Å². The maximum absolute atomic E-state index is 12.7. The van der Waals surface area contributed by atoms with Crippen molar-refractivity contribution in [1.82, 2.24) is 0 Å². The molecule has 0 bridgehead atoms. The van der Waals surface area contributed by atoms with Gasteiger partial charge < -0.3 is 19.4 Å². The number of aliphatic carboxylic acids is 1. The fourth-order valence-corrected chi connectivity index (χ4v) is 4.05. The number of carboxylic acids is 1. The molecule has 35 heavy (non-hydrogen) atoms. The summed E-state index contributed by atoms with van der Waals surface area (Å²) >= 11 is 5.76. The molecular formula is C22H23ClF3NO7S. The van der Waals surface area contributed by atoms with Crippen LogP contribution in [0.1, 0.15) is 36.7 Å². The van der Waals surface area contributed by atoms with Crippen molar-refractivity contribution in [3.63, 3.8) is 0 Å². The van der Waals surface area contributed by atoms with Crippen LogP contribution in [0.5, 0.6) is 11.5 Å². The first kappa shape index (κ1) is 30.0. The molecule has 2 rings (SSSR count). The Balaban J connectivity index is 0.000000762. The first-order chi connectivity index (χ1) is 16.3. The molecule has 0 aromatic heterocycles. The van der Waals surface area contributed by atoms with Gasteiger partial charge in [-0.25, -0.2) is 4.79 Å². The number of carboxylic acid groups (broad SMARTS) is 1. The molecule has 0 radical (unpaired) electrons. The standard InChI is InChI=1S/C16H9ClF3NO7.C6H15S/c17-11-5-8(16(18,19)20)1-4-13(11)28-9-2-3-12(21(25)26)10(6-9)15(24)27-7-14(22)23;1-4-7(5-2)6-3/h1-6H,7H2,(H,22,23);4-6H2,1-3H3/q;+1/p-1. The van der Waals surface area contributed by atoms with Crippen LogP contribution in [0.2, 0.25) is 5.02 Å². The molecule has 2 aromatic rings. The van der Waals surface area contributed by atoms with Crippen molar-refractivity contribution in [2.24, 2.45) is 0 Å². The number of carbonyl (C=O) groups excluding carboxylic acids is 2. The highest BCUT2D eigenvalue weighted by molar-refractivity contribution is 7.96. The van der Waals surface area contributed by atoms with Crippen molar-refractivity contribution in [2.45, 2.75) is 26.9 Å². The highest BCUT2D eigenvalue weighted by atomic mass is 35.5. The van der Waals surface area contributed by atoms with E-state index in [-0.39, 0.29) is 11.5 Å². The summed E-state index contributed by atoms with van der Waals surface area (Å²) in [5, 5.41) is 21.0. The number of ether oxygens (including phenoxy) is 2. The van der Waals surface area contributed by atoms with Crippen molar-refractivity contribution in [1.29, 1.82) is 0 Å². The molecule has 0 spiro atoms. The van der Waals surface area contributed by atoms with Crippen LogP contribution in [0.3, 0.4) is 0 Å². The Hall–Kier alpha value is -2.99. The first-order valence-corrected chi connectivity index (χ1v) is 12.3. The molecule has 0 aliphatic carbocycles. The van der Waals surface area contributed by atoms with Crippen LogP contribution in [0, 0.1) is 10.1 Å². The van der Waals surface area contributed by atoms with Crippen LogP contribution < -0.4 is 9.84 Å². The quantitative estimate of drug-likeness (QED) is 0.198. The SMILES string of the molecule is CC[S+](CC)CC.O=C([O-])COC(=O)c1cc(Oc2ccc(C(F)(F)F)cc2Cl)ccc1[N+](=O)[O-]. The second kappa shape index (κ2) is 13.8. The largest absolute Gasteiger partial charge is 0.546 e. The zero-order valence-electron chi connectivity index (χ0n) is 19.0. The van der Waals surface area contributed by atoms with Crippen molar-refractivity contribution in [2.75, 3.05) is 23.9 Å². The summed E-state index contributed by atoms with van der Waals surface area (Å²) in [7, 11) is 0.755. The molecule has 0 aliphatic rings. The first-order valence-electron chi connectivity index (χ1n) is 10.2. The van der Waals surface area contributed by atoms with E-state index in [2.05, 4.69) is 25.5 Å². The Morgan fingerprint density at radius 1 is 1.06 bits per heavy atom. The molecule has 0 heterocycles. The molecule has 0 fully saturated rings. The van der Waals surface area contributed by atoms with Crippen LogP contribution >= 0.6 is 11.6 Å². The van der Waals surface area contributed by atoms with Crippen LogP contribution in [0.4, 0.5) is 18.9 Å². The fraction of sp³-hybridized carbons (Fsp3) is 0.364. The van der Waals surface area contributed by atoms with Crippen molar-refractivity contribution in [3.05, 3.63) is 62.7 Å². The van der Waals surface area contributed by atoms with Crippen LogP contribution in [-0.2, 0) is 26.6 Å². The third-order valence-electron chi connectivity index (χ3n) is 4.42. The van der Waals surface area contributed by atoms with Gasteiger partial charge in [0.2, 0.25) is 0 Å². The number of hydrogen-bond donors (Lipinski definition) is 0. The Morgan fingerprint density at radius 2 is 1.66 bits per heavy atom. The van der Waals surface area contributed by atoms with Crippen LogP contribution in [0.25, 0.3) is 0 Å². The Morgan fingerprint density at radius 3 is 2.09 bits per heavy atom. The van der Waals surface area contributed by atoms with Gasteiger partial charge in [0, 0.05) is 12.1 Å². The molecule has 13 heteroatoms. The normalized spacial score (nSPS) is 10.9. The van der Waals surface area contributed by atoms with E-state index in [0.29, 0.717) is 12.1 Å². The average molecular weight is 538 g/mol. The fourth-order valence-electron chi connectivity index (χ4n) is 2.60. The predicted molar refractivity (Wildman–Crippen MR) is 124 cm³/mol. The third-order valence-corrected chi connectivity index (χ3v) is 7.16. The summed E-state index contributed by atoms with van der Waals surface area (Å²) < 4.78 is 47.6. The summed E-state index contributed by atoms with van der Waals surface area (Å²) in [4.78, 5) is 32.3. The van der Waals surface area contributed by atoms with Gasteiger partial charge in [-0.3, -0.25) is 10.1 Å².